The molecule has 0 amide bonds. The van der Waals surface area contributed by atoms with Gasteiger partial charge in [-0.15, -0.1) is 0 Å². The summed E-state index contributed by atoms with van der Waals surface area (Å²) in [5.74, 6) is -0.400. The molecule has 1 aromatic rings. The first-order valence-corrected chi connectivity index (χ1v) is 4.08. The number of carbonyl (C=O) groups is 1. The summed E-state index contributed by atoms with van der Waals surface area (Å²) in [5.41, 5.74) is 1.04. The topological polar surface area (TPSA) is 55.8 Å². The summed E-state index contributed by atoms with van der Waals surface area (Å²) in [7, 11) is 1.76. The lowest BCUT2D eigenvalue weighted by molar-refractivity contribution is 0.0600. The van der Waals surface area contributed by atoms with E-state index in [1.807, 2.05) is 0 Å². The Bertz CT molecular complexity index is 309. The molecule has 0 saturated heterocycles. The van der Waals surface area contributed by atoms with Crippen LogP contribution in [0.5, 0.6) is 0 Å². The van der Waals surface area contributed by atoms with Gasteiger partial charge in [0, 0.05) is 7.11 Å². The van der Waals surface area contributed by atoms with Gasteiger partial charge in [-0.05, 0) is 17.6 Å². The van der Waals surface area contributed by atoms with Crippen molar-refractivity contribution in [3.63, 3.8) is 0 Å². The van der Waals surface area contributed by atoms with Gasteiger partial charge in [0.2, 0.25) is 0 Å². The van der Waals surface area contributed by atoms with Crippen molar-refractivity contribution in [2.24, 2.45) is 0 Å². The van der Waals surface area contributed by atoms with Crippen LogP contribution in [0, 0.1) is 0 Å². The smallest absolute Gasteiger partial charge is 0.465 e. The molecule has 4 nitrogen and oxygen atoms in total. The third-order valence-corrected chi connectivity index (χ3v) is 1.84. The average molecular weight is 194 g/mol. The van der Waals surface area contributed by atoms with E-state index in [4.69, 9.17) is 4.65 Å². The second kappa shape index (κ2) is 4.78. The van der Waals surface area contributed by atoms with Gasteiger partial charge < -0.3 is 14.4 Å². The van der Waals surface area contributed by atoms with Gasteiger partial charge in [-0.25, -0.2) is 4.79 Å². The molecule has 0 fully saturated rings. The van der Waals surface area contributed by atoms with Gasteiger partial charge in [0.15, 0.2) is 0 Å². The zero-order valence-corrected chi connectivity index (χ0v) is 8.06. The molecule has 0 bridgehead atoms. The molecular weight excluding hydrogens is 183 g/mol. The van der Waals surface area contributed by atoms with E-state index in [1.165, 1.54) is 14.2 Å². The zero-order valence-electron chi connectivity index (χ0n) is 8.06. The molecule has 0 aromatic heterocycles. The minimum Gasteiger partial charge on any atom is -0.465 e. The minimum absolute atomic E-state index is 0.400. The third-order valence-electron chi connectivity index (χ3n) is 1.84. The van der Waals surface area contributed by atoms with Gasteiger partial charge in [0.1, 0.15) is 0 Å². The number of rotatable bonds is 3. The van der Waals surface area contributed by atoms with E-state index in [-0.39, 0.29) is 0 Å². The van der Waals surface area contributed by atoms with Crippen LogP contribution < -0.4 is 5.46 Å². The molecule has 1 aromatic carbocycles. The fraction of sp³-hybridized carbons (Fsp3) is 0.222. The molecule has 0 aliphatic rings. The lowest BCUT2D eigenvalue weighted by Gasteiger charge is -2.04. The van der Waals surface area contributed by atoms with Crippen molar-refractivity contribution in [3.05, 3.63) is 29.8 Å². The lowest BCUT2D eigenvalue weighted by atomic mass is 9.79. The maximum atomic E-state index is 11.0. The molecule has 5 heteroatoms. The van der Waals surface area contributed by atoms with Gasteiger partial charge in [0.05, 0.1) is 12.7 Å². The van der Waals surface area contributed by atoms with Gasteiger partial charge in [-0.3, -0.25) is 0 Å². The van der Waals surface area contributed by atoms with Crippen LogP contribution in [0.1, 0.15) is 10.4 Å². The molecule has 0 saturated carbocycles. The Morgan fingerprint density at radius 1 is 1.29 bits per heavy atom. The van der Waals surface area contributed by atoms with Crippen LogP contribution in [0.4, 0.5) is 0 Å². The minimum atomic E-state index is -0.957. The number of carbonyl (C=O) groups excluding carboxylic acids is 1. The Balaban J connectivity index is 2.83. The van der Waals surface area contributed by atoms with Crippen molar-refractivity contribution in [2.75, 3.05) is 14.2 Å². The maximum Gasteiger partial charge on any atom is 0.490 e. The number of esters is 1. The summed E-state index contributed by atoms with van der Waals surface area (Å²) in [4.78, 5) is 11.0. The normalized spacial score (nSPS) is 9.64. The van der Waals surface area contributed by atoms with Gasteiger partial charge >= 0.3 is 13.1 Å². The first-order valence-electron chi connectivity index (χ1n) is 4.08. The summed E-state index contributed by atoms with van der Waals surface area (Å²) < 4.78 is 9.23. The van der Waals surface area contributed by atoms with Gasteiger partial charge in [-0.1, -0.05) is 12.1 Å². The van der Waals surface area contributed by atoms with E-state index in [0.29, 0.717) is 11.0 Å². The van der Waals surface area contributed by atoms with Crippen LogP contribution in [-0.2, 0) is 9.39 Å². The summed E-state index contributed by atoms with van der Waals surface area (Å²) in [6.07, 6.45) is 0. The number of ether oxygens (including phenoxy) is 1. The predicted octanol–water partition coefficient (Wildman–Crippen LogP) is -0.193. The van der Waals surface area contributed by atoms with Crippen LogP contribution in [-0.4, -0.2) is 32.3 Å². The summed E-state index contributed by atoms with van der Waals surface area (Å²) >= 11 is 0. The number of benzene rings is 1. The largest absolute Gasteiger partial charge is 0.490 e. The molecule has 0 heterocycles. The molecule has 0 radical (unpaired) electrons. The highest BCUT2D eigenvalue weighted by Gasteiger charge is 2.14. The second-order valence-corrected chi connectivity index (χ2v) is 2.70. The highest BCUT2D eigenvalue weighted by Crippen LogP contribution is 1.99. The van der Waals surface area contributed by atoms with Crippen molar-refractivity contribution in [2.45, 2.75) is 0 Å². The molecule has 0 unspecified atom stereocenters. The van der Waals surface area contributed by atoms with E-state index < -0.39 is 13.1 Å². The molecule has 14 heavy (non-hydrogen) atoms. The van der Waals surface area contributed by atoms with Crippen molar-refractivity contribution in [3.8, 4) is 0 Å². The third kappa shape index (κ3) is 2.34. The highest BCUT2D eigenvalue weighted by molar-refractivity contribution is 6.59. The first kappa shape index (κ1) is 10.8. The molecule has 74 valence electrons. The highest BCUT2D eigenvalue weighted by atomic mass is 16.5. The summed E-state index contributed by atoms with van der Waals surface area (Å²) in [6, 6.07) is 6.37. The van der Waals surface area contributed by atoms with Gasteiger partial charge in [0.25, 0.3) is 0 Å². The molecular formula is C9H11BO4. The number of hydrogen-bond acceptors (Lipinski definition) is 4. The molecule has 0 spiro atoms. The van der Waals surface area contributed by atoms with E-state index >= 15 is 0 Å². The Labute approximate surface area is 82.6 Å². The van der Waals surface area contributed by atoms with Crippen molar-refractivity contribution < 1.29 is 19.2 Å². The summed E-state index contributed by atoms with van der Waals surface area (Å²) in [6.45, 7) is 0. The fourth-order valence-electron chi connectivity index (χ4n) is 1.04. The van der Waals surface area contributed by atoms with Crippen LogP contribution in [0.25, 0.3) is 0 Å². The van der Waals surface area contributed by atoms with Crippen LogP contribution >= 0.6 is 0 Å². The van der Waals surface area contributed by atoms with Crippen LogP contribution in [0.2, 0.25) is 0 Å². The van der Waals surface area contributed by atoms with Crippen LogP contribution in [0.15, 0.2) is 24.3 Å². The number of hydrogen-bond donors (Lipinski definition) is 1. The predicted molar refractivity (Wildman–Crippen MR) is 52.4 cm³/mol. The van der Waals surface area contributed by atoms with Crippen molar-refractivity contribution in [1.29, 1.82) is 0 Å². The summed E-state index contributed by atoms with van der Waals surface area (Å²) in [5, 5.41) is 9.28. The molecule has 0 atom stereocenters. The second-order valence-electron chi connectivity index (χ2n) is 2.70. The Morgan fingerprint density at radius 2 is 1.86 bits per heavy atom. The lowest BCUT2D eigenvalue weighted by Crippen LogP contribution is -2.32. The van der Waals surface area contributed by atoms with E-state index in [9.17, 15) is 9.82 Å². The molecule has 1 N–H and O–H groups in total. The maximum absolute atomic E-state index is 11.0. The molecule has 0 aliphatic heterocycles. The van der Waals surface area contributed by atoms with Crippen LogP contribution in [0.3, 0.4) is 0 Å². The number of methoxy groups -OCH3 is 1. The zero-order chi connectivity index (χ0) is 10.6. The van der Waals surface area contributed by atoms with E-state index in [0.717, 1.165) is 0 Å². The Morgan fingerprint density at radius 3 is 2.29 bits per heavy atom. The van der Waals surface area contributed by atoms with Gasteiger partial charge in [-0.2, -0.15) is 0 Å². The molecule has 1 rings (SSSR count). The Hall–Kier alpha value is -1.33. The quantitative estimate of drug-likeness (QED) is 0.535. The van der Waals surface area contributed by atoms with Crippen molar-refractivity contribution in [1.82, 2.24) is 0 Å². The molecule has 0 aliphatic carbocycles. The SMILES string of the molecule is COB(O)c1ccc(C(=O)OC)cc1. The van der Waals surface area contributed by atoms with Crippen molar-refractivity contribution >= 4 is 18.6 Å². The van der Waals surface area contributed by atoms with E-state index in [1.54, 1.807) is 24.3 Å². The van der Waals surface area contributed by atoms with E-state index in [2.05, 4.69) is 4.74 Å². The monoisotopic (exact) mass is 194 g/mol. The average Bonchev–Trinajstić information content (AvgIpc) is 2.27. The fourth-order valence-corrected chi connectivity index (χ4v) is 1.04. The Kier molecular flexibility index (Phi) is 3.68. The standard InChI is InChI=1S/C9H11BO4/c1-13-9(11)7-3-5-8(6-4-7)10(12)14-2/h3-6,12H,1-2H3. The first-order chi connectivity index (χ1) is 6.69.